The predicted octanol–water partition coefficient (Wildman–Crippen LogP) is 5.16. The van der Waals surface area contributed by atoms with E-state index in [4.69, 9.17) is 11.6 Å². The molecule has 0 unspecified atom stereocenters. The molecule has 0 aliphatic carbocycles. The van der Waals surface area contributed by atoms with Crippen molar-refractivity contribution in [1.29, 1.82) is 0 Å². The second-order valence-electron chi connectivity index (χ2n) is 4.60. The molecular formula is C15H14ClNO2S. The molecule has 0 heterocycles. The summed E-state index contributed by atoms with van der Waals surface area (Å²) in [6.45, 7) is 4.13. The van der Waals surface area contributed by atoms with Crippen LogP contribution in [0.3, 0.4) is 0 Å². The number of hydrogen-bond acceptors (Lipinski definition) is 3. The van der Waals surface area contributed by atoms with Gasteiger partial charge in [-0.3, -0.25) is 10.1 Å². The van der Waals surface area contributed by atoms with Crippen molar-refractivity contribution in [2.75, 3.05) is 0 Å². The van der Waals surface area contributed by atoms with E-state index in [1.807, 2.05) is 6.07 Å². The van der Waals surface area contributed by atoms with Gasteiger partial charge in [-0.15, -0.1) is 11.8 Å². The van der Waals surface area contributed by atoms with E-state index in [0.29, 0.717) is 5.75 Å². The van der Waals surface area contributed by atoms with E-state index in [0.717, 1.165) is 5.56 Å². The van der Waals surface area contributed by atoms with Gasteiger partial charge >= 0.3 is 0 Å². The zero-order valence-electron chi connectivity index (χ0n) is 11.2. The average Bonchev–Trinajstić information content (AvgIpc) is 2.39. The maximum absolute atomic E-state index is 10.9. The number of aryl methyl sites for hydroxylation is 2. The monoisotopic (exact) mass is 307 g/mol. The number of benzene rings is 2. The van der Waals surface area contributed by atoms with E-state index < -0.39 is 4.92 Å². The van der Waals surface area contributed by atoms with Crippen LogP contribution in [0.25, 0.3) is 0 Å². The van der Waals surface area contributed by atoms with Crippen LogP contribution in [0.2, 0.25) is 5.02 Å². The number of hydrogen-bond donors (Lipinski definition) is 0. The van der Waals surface area contributed by atoms with Gasteiger partial charge in [-0.1, -0.05) is 35.4 Å². The van der Waals surface area contributed by atoms with Gasteiger partial charge in [0, 0.05) is 16.7 Å². The Bertz CT molecular complexity index is 658. The van der Waals surface area contributed by atoms with Gasteiger partial charge in [-0.05, 0) is 37.1 Å². The third-order valence-corrected chi connectivity index (χ3v) is 4.50. The molecule has 0 atom stereocenters. The number of rotatable bonds is 4. The SMILES string of the molecule is Cc1ccc(SCc2ccc(Cl)c([N+](=O)[O-])c2)c(C)c1. The Morgan fingerprint density at radius 1 is 1.20 bits per heavy atom. The highest BCUT2D eigenvalue weighted by atomic mass is 35.5. The van der Waals surface area contributed by atoms with Gasteiger partial charge < -0.3 is 0 Å². The first-order valence-corrected chi connectivity index (χ1v) is 7.46. The molecule has 5 heteroatoms. The molecule has 3 nitrogen and oxygen atoms in total. The second kappa shape index (κ2) is 6.29. The topological polar surface area (TPSA) is 43.1 Å². The van der Waals surface area contributed by atoms with E-state index in [2.05, 4.69) is 32.0 Å². The molecule has 0 aliphatic rings. The Labute approximate surface area is 127 Å². The first kappa shape index (κ1) is 14.9. The lowest BCUT2D eigenvalue weighted by atomic mass is 10.2. The summed E-state index contributed by atoms with van der Waals surface area (Å²) in [5.74, 6) is 0.682. The van der Waals surface area contributed by atoms with Crippen molar-refractivity contribution in [2.24, 2.45) is 0 Å². The molecule has 0 amide bonds. The Morgan fingerprint density at radius 3 is 2.60 bits per heavy atom. The summed E-state index contributed by atoms with van der Waals surface area (Å²) >= 11 is 7.47. The van der Waals surface area contributed by atoms with Crippen molar-refractivity contribution in [3.8, 4) is 0 Å². The van der Waals surface area contributed by atoms with Gasteiger partial charge in [0.05, 0.1) is 4.92 Å². The lowest BCUT2D eigenvalue weighted by molar-refractivity contribution is -0.384. The first-order chi connectivity index (χ1) is 9.47. The minimum atomic E-state index is -0.451. The molecule has 0 bridgehead atoms. The third kappa shape index (κ3) is 3.52. The minimum absolute atomic E-state index is 0.0367. The molecule has 0 fully saturated rings. The van der Waals surface area contributed by atoms with Crippen molar-refractivity contribution in [1.82, 2.24) is 0 Å². The standard InChI is InChI=1S/C15H14ClNO2S/c1-10-3-6-15(11(2)7-10)20-9-12-4-5-13(16)14(8-12)17(18)19/h3-8H,9H2,1-2H3. The van der Waals surface area contributed by atoms with E-state index >= 15 is 0 Å². The maximum atomic E-state index is 10.9. The Kier molecular flexibility index (Phi) is 4.68. The summed E-state index contributed by atoms with van der Waals surface area (Å²) in [5, 5.41) is 11.0. The van der Waals surface area contributed by atoms with E-state index in [1.165, 1.54) is 16.0 Å². The second-order valence-corrected chi connectivity index (χ2v) is 6.02. The van der Waals surface area contributed by atoms with Gasteiger partial charge in [-0.25, -0.2) is 0 Å². The van der Waals surface area contributed by atoms with Crippen LogP contribution >= 0.6 is 23.4 Å². The molecule has 20 heavy (non-hydrogen) atoms. The molecule has 104 valence electrons. The van der Waals surface area contributed by atoms with Crippen molar-refractivity contribution in [3.05, 3.63) is 68.2 Å². The van der Waals surface area contributed by atoms with Crippen molar-refractivity contribution < 1.29 is 4.92 Å². The summed E-state index contributed by atoms with van der Waals surface area (Å²) in [4.78, 5) is 11.6. The van der Waals surface area contributed by atoms with E-state index in [1.54, 1.807) is 23.9 Å². The van der Waals surface area contributed by atoms with Crippen molar-refractivity contribution >= 4 is 29.1 Å². The zero-order valence-corrected chi connectivity index (χ0v) is 12.8. The summed E-state index contributed by atoms with van der Waals surface area (Å²) in [6.07, 6.45) is 0. The largest absolute Gasteiger partial charge is 0.288 e. The number of nitrogens with zero attached hydrogens (tertiary/aromatic N) is 1. The summed E-state index contributed by atoms with van der Waals surface area (Å²) in [5.41, 5.74) is 3.31. The number of nitro benzene ring substituents is 1. The van der Waals surface area contributed by atoms with Crippen molar-refractivity contribution in [2.45, 2.75) is 24.5 Å². The predicted molar refractivity (Wildman–Crippen MR) is 83.6 cm³/mol. The van der Waals surface area contributed by atoms with Crippen LogP contribution in [-0.2, 0) is 5.75 Å². The average molecular weight is 308 g/mol. The van der Waals surface area contributed by atoms with Crippen LogP contribution in [0.1, 0.15) is 16.7 Å². The molecule has 2 aromatic rings. The summed E-state index contributed by atoms with van der Waals surface area (Å²) < 4.78 is 0. The molecular weight excluding hydrogens is 294 g/mol. The minimum Gasteiger partial charge on any atom is -0.258 e. The quantitative estimate of drug-likeness (QED) is 0.445. The fourth-order valence-corrected chi connectivity index (χ4v) is 3.05. The van der Waals surface area contributed by atoms with Crippen LogP contribution < -0.4 is 0 Å². The highest BCUT2D eigenvalue weighted by Gasteiger charge is 2.12. The molecule has 0 radical (unpaired) electrons. The van der Waals surface area contributed by atoms with Gasteiger partial charge in [0.1, 0.15) is 5.02 Å². The molecule has 0 N–H and O–H groups in total. The molecule has 0 saturated carbocycles. The van der Waals surface area contributed by atoms with Gasteiger partial charge in [0.25, 0.3) is 5.69 Å². The van der Waals surface area contributed by atoms with Crippen molar-refractivity contribution in [3.63, 3.8) is 0 Å². The van der Waals surface area contributed by atoms with E-state index in [-0.39, 0.29) is 10.7 Å². The smallest absolute Gasteiger partial charge is 0.258 e. The number of nitro groups is 1. The van der Waals surface area contributed by atoms with Gasteiger partial charge in [-0.2, -0.15) is 0 Å². The maximum Gasteiger partial charge on any atom is 0.288 e. The molecule has 0 saturated heterocycles. The Balaban J connectivity index is 2.15. The molecule has 2 rings (SSSR count). The molecule has 0 aromatic heterocycles. The van der Waals surface area contributed by atoms with Gasteiger partial charge in [0.2, 0.25) is 0 Å². The molecule has 0 spiro atoms. The van der Waals surface area contributed by atoms with E-state index in [9.17, 15) is 10.1 Å². The van der Waals surface area contributed by atoms with Crippen LogP contribution in [0.5, 0.6) is 0 Å². The number of thioether (sulfide) groups is 1. The van der Waals surface area contributed by atoms with Crippen LogP contribution in [-0.4, -0.2) is 4.92 Å². The highest BCUT2D eigenvalue weighted by molar-refractivity contribution is 7.98. The summed E-state index contributed by atoms with van der Waals surface area (Å²) in [6, 6.07) is 11.2. The first-order valence-electron chi connectivity index (χ1n) is 6.10. The zero-order chi connectivity index (χ0) is 14.7. The third-order valence-electron chi connectivity index (χ3n) is 2.93. The fourth-order valence-electron chi connectivity index (χ4n) is 1.91. The van der Waals surface area contributed by atoms with Gasteiger partial charge in [0.15, 0.2) is 0 Å². The summed E-state index contributed by atoms with van der Waals surface area (Å²) in [7, 11) is 0. The highest BCUT2D eigenvalue weighted by Crippen LogP contribution is 2.30. The fraction of sp³-hybridized carbons (Fsp3) is 0.200. The molecule has 0 aliphatic heterocycles. The van der Waals surface area contributed by atoms with Crippen LogP contribution in [0, 0.1) is 24.0 Å². The Morgan fingerprint density at radius 2 is 1.95 bits per heavy atom. The lowest BCUT2D eigenvalue weighted by Gasteiger charge is -2.07. The normalized spacial score (nSPS) is 10.6. The number of halogens is 1. The van der Waals surface area contributed by atoms with Crippen LogP contribution in [0.4, 0.5) is 5.69 Å². The Hall–Kier alpha value is -1.52. The van der Waals surface area contributed by atoms with Crippen LogP contribution in [0.15, 0.2) is 41.3 Å². The lowest BCUT2D eigenvalue weighted by Crippen LogP contribution is -1.91. The molecule has 2 aromatic carbocycles.